The van der Waals surface area contributed by atoms with Crippen LogP contribution in [0.4, 0.5) is 14.5 Å². The summed E-state index contributed by atoms with van der Waals surface area (Å²) in [5.41, 5.74) is 0.949. The Morgan fingerprint density at radius 2 is 1.83 bits per heavy atom. The van der Waals surface area contributed by atoms with E-state index in [0.29, 0.717) is 17.2 Å². The largest absolute Gasteiger partial charge is 0.450 e. The molecule has 29 heavy (non-hydrogen) atoms. The van der Waals surface area contributed by atoms with E-state index in [1.165, 1.54) is 0 Å². The third kappa shape index (κ3) is 3.54. The van der Waals surface area contributed by atoms with Gasteiger partial charge in [0.15, 0.2) is 6.61 Å². The molecule has 0 bridgehead atoms. The minimum atomic E-state index is -0.926. The van der Waals surface area contributed by atoms with Gasteiger partial charge in [-0.1, -0.05) is 36.4 Å². The smallest absolute Gasteiger partial charge is 0.375 e. The van der Waals surface area contributed by atoms with E-state index in [2.05, 4.69) is 5.32 Å². The molecule has 146 valence electrons. The number of rotatable bonds is 4. The molecule has 0 unspecified atom stereocenters. The highest BCUT2D eigenvalue weighted by molar-refractivity contribution is 6.08. The third-order valence-electron chi connectivity index (χ3n) is 4.55. The van der Waals surface area contributed by atoms with E-state index in [0.717, 1.165) is 28.3 Å². The van der Waals surface area contributed by atoms with Gasteiger partial charge in [0.1, 0.15) is 17.2 Å². The number of hydrogen-bond acceptors (Lipinski definition) is 4. The first-order valence-electron chi connectivity index (χ1n) is 8.77. The first kappa shape index (κ1) is 18.6. The Balaban J connectivity index is 1.51. The van der Waals surface area contributed by atoms with Gasteiger partial charge >= 0.3 is 5.97 Å². The second kappa shape index (κ2) is 7.35. The van der Waals surface area contributed by atoms with Crippen molar-refractivity contribution in [2.24, 2.45) is 0 Å². The lowest BCUT2D eigenvalue weighted by Gasteiger charge is -2.07. The summed E-state index contributed by atoms with van der Waals surface area (Å²) in [6.07, 6.45) is 0. The van der Waals surface area contributed by atoms with E-state index in [-0.39, 0.29) is 11.4 Å². The Kier molecular flexibility index (Phi) is 4.72. The lowest BCUT2D eigenvalue weighted by atomic mass is 10.1. The number of fused-ring (bicyclic) bond motifs is 3. The van der Waals surface area contributed by atoms with Gasteiger partial charge in [-0.05, 0) is 24.4 Å². The Morgan fingerprint density at radius 1 is 1.03 bits per heavy atom. The van der Waals surface area contributed by atoms with Gasteiger partial charge in [-0.3, -0.25) is 4.79 Å². The van der Waals surface area contributed by atoms with Crippen LogP contribution in [0.2, 0.25) is 0 Å². The number of aryl methyl sites for hydroxylation is 1. The average Bonchev–Trinajstić information content (AvgIpc) is 3.05. The predicted molar refractivity (Wildman–Crippen MR) is 104 cm³/mol. The van der Waals surface area contributed by atoms with Crippen molar-refractivity contribution in [2.45, 2.75) is 6.92 Å². The van der Waals surface area contributed by atoms with Crippen LogP contribution in [0.25, 0.3) is 21.7 Å². The normalized spacial score (nSPS) is 11.0. The molecular weight excluding hydrogens is 380 g/mol. The van der Waals surface area contributed by atoms with Crippen LogP contribution < -0.4 is 5.32 Å². The van der Waals surface area contributed by atoms with Crippen LogP contribution in [0.15, 0.2) is 59.0 Å². The van der Waals surface area contributed by atoms with Gasteiger partial charge in [-0.25, -0.2) is 13.6 Å². The van der Waals surface area contributed by atoms with E-state index in [9.17, 15) is 18.4 Å². The van der Waals surface area contributed by atoms with E-state index < -0.39 is 30.1 Å². The summed E-state index contributed by atoms with van der Waals surface area (Å²) >= 11 is 0. The minimum Gasteiger partial charge on any atom is -0.450 e. The van der Waals surface area contributed by atoms with E-state index in [1.54, 1.807) is 6.92 Å². The molecule has 0 saturated heterocycles. The molecule has 0 radical (unpaired) electrons. The number of anilines is 1. The summed E-state index contributed by atoms with van der Waals surface area (Å²) in [5, 5.41) is 4.82. The van der Waals surface area contributed by atoms with Crippen molar-refractivity contribution in [2.75, 3.05) is 11.9 Å². The molecule has 7 heteroatoms. The quantitative estimate of drug-likeness (QED) is 0.496. The maximum atomic E-state index is 13.6. The average molecular weight is 395 g/mol. The zero-order valence-corrected chi connectivity index (χ0v) is 15.3. The number of furan rings is 1. The molecule has 4 aromatic rings. The number of amides is 1. The summed E-state index contributed by atoms with van der Waals surface area (Å²) in [4.78, 5) is 24.4. The molecule has 1 N–H and O–H groups in total. The van der Waals surface area contributed by atoms with Crippen molar-refractivity contribution in [3.63, 3.8) is 0 Å². The zero-order chi connectivity index (χ0) is 20.5. The molecule has 5 nitrogen and oxygen atoms in total. The molecule has 1 amide bonds. The number of halogens is 2. The van der Waals surface area contributed by atoms with Crippen molar-refractivity contribution in [3.8, 4) is 0 Å². The molecule has 1 aromatic heterocycles. The molecule has 0 saturated carbocycles. The number of carbonyl (C=O) groups is 2. The summed E-state index contributed by atoms with van der Waals surface area (Å²) in [6, 6.07) is 14.1. The number of nitrogens with one attached hydrogen (secondary N) is 1. The SMILES string of the molecule is Cc1c(C(=O)OCC(=O)Nc2ccc(F)cc2F)oc2c1ccc1ccccc12. The molecular formula is C22H15F2NO4. The number of carbonyl (C=O) groups excluding carboxylic acids is 2. The topological polar surface area (TPSA) is 68.5 Å². The molecule has 0 aliphatic carbocycles. The Labute approximate surface area is 163 Å². The summed E-state index contributed by atoms with van der Waals surface area (Å²) in [5.74, 6) is -3.26. The molecule has 0 atom stereocenters. The second-order valence-corrected chi connectivity index (χ2v) is 6.47. The maximum Gasteiger partial charge on any atom is 0.375 e. The fourth-order valence-corrected chi connectivity index (χ4v) is 3.12. The van der Waals surface area contributed by atoms with Crippen molar-refractivity contribution in [1.82, 2.24) is 0 Å². The van der Waals surface area contributed by atoms with Gasteiger partial charge in [0.25, 0.3) is 5.91 Å². The molecule has 0 spiro atoms. The summed E-state index contributed by atoms with van der Waals surface area (Å²) < 4.78 is 37.3. The first-order chi connectivity index (χ1) is 13.9. The van der Waals surface area contributed by atoms with Gasteiger partial charge in [0.2, 0.25) is 5.76 Å². The Morgan fingerprint density at radius 3 is 2.62 bits per heavy atom. The van der Waals surface area contributed by atoms with Crippen molar-refractivity contribution in [1.29, 1.82) is 0 Å². The van der Waals surface area contributed by atoms with Crippen molar-refractivity contribution < 1.29 is 27.5 Å². The van der Waals surface area contributed by atoms with Gasteiger partial charge in [-0.15, -0.1) is 0 Å². The fraction of sp³-hybridized carbons (Fsp3) is 0.0909. The van der Waals surface area contributed by atoms with Crippen molar-refractivity contribution in [3.05, 3.63) is 77.6 Å². The lowest BCUT2D eigenvalue weighted by Crippen LogP contribution is -2.21. The summed E-state index contributed by atoms with van der Waals surface area (Å²) in [7, 11) is 0. The van der Waals surface area contributed by atoms with Gasteiger partial charge in [-0.2, -0.15) is 0 Å². The van der Waals surface area contributed by atoms with Crippen molar-refractivity contribution >= 4 is 39.3 Å². The Hall–Kier alpha value is -3.74. The molecule has 4 rings (SSSR count). The first-order valence-corrected chi connectivity index (χ1v) is 8.77. The standard InChI is InChI=1S/C22H15F2NO4/c1-12-15-8-6-13-4-2-3-5-16(13)21(15)29-20(12)22(27)28-11-19(26)25-18-9-7-14(23)10-17(18)24/h2-10H,11H2,1H3,(H,25,26). The van der Waals surface area contributed by atoms with Crippen LogP contribution in [-0.2, 0) is 9.53 Å². The van der Waals surface area contributed by atoms with E-state index in [4.69, 9.17) is 9.15 Å². The Bertz CT molecular complexity index is 1260. The summed E-state index contributed by atoms with van der Waals surface area (Å²) in [6.45, 7) is 1.08. The maximum absolute atomic E-state index is 13.6. The second-order valence-electron chi connectivity index (χ2n) is 6.47. The minimum absolute atomic E-state index is 0.00267. The number of benzene rings is 3. The highest BCUT2D eigenvalue weighted by Crippen LogP contribution is 2.32. The van der Waals surface area contributed by atoms with Crippen LogP contribution in [0.1, 0.15) is 16.1 Å². The predicted octanol–water partition coefficient (Wildman–Crippen LogP) is 4.97. The van der Waals surface area contributed by atoms with Gasteiger partial charge < -0.3 is 14.5 Å². The molecule has 0 aliphatic rings. The molecule has 1 heterocycles. The van der Waals surface area contributed by atoms with E-state index >= 15 is 0 Å². The van der Waals surface area contributed by atoms with Crippen LogP contribution >= 0.6 is 0 Å². The monoisotopic (exact) mass is 395 g/mol. The number of ether oxygens (including phenoxy) is 1. The van der Waals surface area contributed by atoms with Crippen LogP contribution in [-0.4, -0.2) is 18.5 Å². The van der Waals surface area contributed by atoms with Crippen LogP contribution in [0, 0.1) is 18.6 Å². The van der Waals surface area contributed by atoms with Gasteiger partial charge in [0.05, 0.1) is 5.69 Å². The van der Waals surface area contributed by atoms with Gasteiger partial charge in [0, 0.05) is 22.4 Å². The molecule has 0 fully saturated rings. The third-order valence-corrected chi connectivity index (χ3v) is 4.55. The van der Waals surface area contributed by atoms with Crippen LogP contribution in [0.3, 0.4) is 0 Å². The lowest BCUT2D eigenvalue weighted by molar-refractivity contribution is -0.119. The van der Waals surface area contributed by atoms with Crippen LogP contribution in [0.5, 0.6) is 0 Å². The number of esters is 1. The van der Waals surface area contributed by atoms with E-state index in [1.807, 2.05) is 36.4 Å². The zero-order valence-electron chi connectivity index (χ0n) is 15.3. The molecule has 3 aromatic carbocycles. The number of hydrogen-bond donors (Lipinski definition) is 1. The fourth-order valence-electron chi connectivity index (χ4n) is 3.12. The highest BCUT2D eigenvalue weighted by Gasteiger charge is 2.21. The highest BCUT2D eigenvalue weighted by atomic mass is 19.1. The molecule has 0 aliphatic heterocycles.